The molecular weight excluding hydrogens is 232 g/mol. The standard InChI is InChI=1S/C14H18O4/c1-4-9-10(17-2)5-6-11(18-3)12(9)14(7-8-14)13(15)16/h5-6H,4,7-8H2,1-3H3,(H,15,16). The van der Waals surface area contributed by atoms with Crippen LogP contribution in [0.25, 0.3) is 0 Å². The summed E-state index contributed by atoms with van der Waals surface area (Å²) in [7, 11) is 3.17. The molecule has 1 aliphatic rings. The molecule has 18 heavy (non-hydrogen) atoms. The van der Waals surface area contributed by atoms with E-state index in [2.05, 4.69) is 0 Å². The minimum atomic E-state index is -0.774. The molecule has 0 unspecified atom stereocenters. The van der Waals surface area contributed by atoms with Gasteiger partial charge in [-0.05, 0) is 31.4 Å². The van der Waals surface area contributed by atoms with Gasteiger partial charge in [-0.25, -0.2) is 0 Å². The molecule has 4 nitrogen and oxygen atoms in total. The van der Waals surface area contributed by atoms with Crippen LogP contribution in [-0.2, 0) is 16.6 Å². The molecule has 0 saturated heterocycles. The van der Waals surface area contributed by atoms with Crippen molar-refractivity contribution in [1.29, 1.82) is 0 Å². The molecule has 0 atom stereocenters. The molecule has 0 aromatic heterocycles. The Morgan fingerprint density at radius 1 is 1.28 bits per heavy atom. The first-order valence-corrected chi connectivity index (χ1v) is 6.08. The van der Waals surface area contributed by atoms with Crippen LogP contribution in [0.15, 0.2) is 12.1 Å². The molecule has 0 spiro atoms. The molecular formula is C14H18O4. The second-order valence-electron chi connectivity index (χ2n) is 4.56. The van der Waals surface area contributed by atoms with Crippen LogP contribution in [0.4, 0.5) is 0 Å². The Hall–Kier alpha value is -1.71. The lowest BCUT2D eigenvalue weighted by Crippen LogP contribution is -2.22. The Morgan fingerprint density at radius 2 is 1.83 bits per heavy atom. The van der Waals surface area contributed by atoms with Crippen LogP contribution in [0.5, 0.6) is 11.5 Å². The van der Waals surface area contributed by atoms with Crippen LogP contribution >= 0.6 is 0 Å². The van der Waals surface area contributed by atoms with Crippen LogP contribution in [0.2, 0.25) is 0 Å². The van der Waals surface area contributed by atoms with Gasteiger partial charge in [-0.15, -0.1) is 0 Å². The molecule has 1 aromatic rings. The smallest absolute Gasteiger partial charge is 0.314 e. The Morgan fingerprint density at radius 3 is 2.22 bits per heavy atom. The fraction of sp³-hybridized carbons (Fsp3) is 0.500. The molecule has 0 heterocycles. The van der Waals surface area contributed by atoms with Gasteiger partial charge in [0.25, 0.3) is 0 Å². The van der Waals surface area contributed by atoms with Gasteiger partial charge in [-0.3, -0.25) is 4.79 Å². The molecule has 1 aliphatic carbocycles. The van der Waals surface area contributed by atoms with Gasteiger partial charge in [0.05, 0.1) is 19.6 Å². The Balaban J connectivity index is 2.66. The number of carbonyl (C=O) groups is 1. The largest absolute Gasteiger partial charge is 0.496 e. The number of hydrogen-bond acceptors (Lipinski definition) is 3. The third kappa shape index (κ3) is 1.72. The van der Waals surface area contributed by atoms with Gasteiger partial charge < -0.3 is 14.6 Å². The van der Waals surface area contributed by atoms with Gasteiger partial charge in [0, 0.05) is 11.1 Å². The second kappa shape index (κ2) is 4.52. The summed E-state index contributed by atoms with van der Waals surface area (Å²) >= 11 is 0. The molecule has 0 aliphatic heterocycles. The molecule has 1 N–H and O–H groups in total. The van der Waals surface area contributed by atoms with E-state index in [9.17, 15) is 9.90 Å². The van der Waals surface area contributed by atoms with Gasteiger partial charge >= 0.3 is 5.97 Å². The third-order valence-corrected chi connectivity index (χ3v) is 3.66. The molecule has 4 heteroatoms. The molecule has 0 amide bonds. The molecule has 1 aromatic carbocycles. The van der Waals surface area contributed by atoms with Gasteiger partial charge in [-0.2, -0.15) is 0 Å². The zero-order chi connectivity index (χ0) is 13.3. The highest BCUT2D eigenvalue weighted by molar-refractivity contribution is 5.87. The van der Waals surface area contributed by atoms with Crippen molar-refractivity contribution in [3.05, 3.63) is 23.3 Å². The number of carboxylic acid groups (broad SMARTS) is 1. The predicted molar refractivity (Wildman–Crippen MR) is 67.5 cm³/mol. The average molecular weight is 250 g/mol. The van der Waals surface area contributed by atoms with E-state index in [0.29, 0.717) is 18.6 Å². The highest BCUT2D eigenvalue weighted by Gasteiger charge is 2.54. The van der Waals surface area contributed by atoms with E-state index >= 15 is 0 Å². The molecule has 2 rings (SSSR count). The van der Waals surface area contributed by atoms with Crippen LogP contribution in [-0.4, -0.2) is 25.3 Å². The minimum Gasteiger partial charge on any atom is -0.496 e. The number of aliphatic carboxylic acids is 1. The lowest BCUT2D eigenvalue weighted by atomic mass is 9.88. The minimum absolute atomic E-state index is 0.646. The van der Waals surface area contributed by atoms with Crippen molar-refractivity contribution in [2.24, 2.45) is 0 Å². The van der Waals surface area contributed by atoms with Crippen molar-refractivity contribution in [1.82, 2.24) is 0 Å². The van der Waals surface area contributed by atoms with E-state index in [0.717, 1.165) is 23.3 Å². The summed E-state index contributed by atoms with van der Waals surface area (Å²) in [6.07, 6.45) is 2.06. The Labute approximate surface area is 107 Å². The Kier molecular flexibility index (Phi) is 3.20. The molecule has 0 radical (unpaired) electrons. The summed E-state index contributed by atoms with van der Waals surface area (Å²) in [5.74, 6) is 0.608. The van der Waals surface area contributed by atoms with Crippen LogP contribution < -0.4 is 9.47 Å². The van der Waals surface area contributed by atoms with Crippen LogP contribution in [0, 0.1) is 0 Å². The zero-order valence-corrected chi connectivity index (χ0v) is 10.9. The predicted octanol–water partition coefficient (Wildman–Crippen LogP) is 2.38. The summed E-state index contributed by atoms with van der Waals surface area (Å²) in [5.41, 5.74) is 0.960. The summed E-state index contributed by atoms with van der Waals surface area (Å²) in [6, 6.07) is 3.62. The number of hydrogen-bond donors (Lipinski definition) is 1. The van der Waals surface area contributed by atoms with E-state index < -0.39 is 11.4 Å². The molecule has 0 bridgehead atoms. The summed E-state index contributed by atoms with van der Waals surface area (Å²) < 4.78 is 10.7. The maximum atomic E-state index is 11.5. The number of methoxy groups -OCH3 is 2. The third-order valence-electron chi connectivity index (χ3n) is 3.66. The van der Waals surface area contributed by atoms with E-state index in [1.165, 1.54) is 0 Å². The summed E-state index contributed by atoms with van der Waals surface area (Å²) in [4.78, 5) is 11.5. The van der Waals surface area contributed by atoms with E-state index in [1.54, 1.807) is 20.3 Å². The molecule has 1 fully saturated rings. The summed E-state index contributed by atoms with van der Waals surface area (Å²) in [6.45, 7) is 2.00. The van der Waals surface area contributed by atoms with E-state index in [1.807, 2.05) is 13.0 Å². The van der Waals surface area contributed by atoms with Crippen molar-refractivity contribution < 1.29 is 19.4 Å². The van der Waals surface area contributed by atoms with Crippen molar-refractivity contribution in [2.75, 3.05) is 14.2 Å². The number of ether oxygens (including phenoxy) is 2. The van der Waals surface area contributed by atoms with Gasteiger partial charge in [0.2, 0.25) is 0 Å². The van der Waals surface area contributed by atoms with E-state index in [-0.39, 0.29) is 0 Å². The maximum absolute atomic E-state index is 11.5. The van der Waals surface area contributed by atoms with Crippen molar-refractivity contribution in [3.63, 3.8) is 0 Å². The summed E-state index contributed by atoms with van der Waals surface area (Å²) in [5, 5.41) is 9.46. The molecule has 1 saturated carbocycles. The van der Waals surface area contributed by atoms with Crippen LogP contribution in [0.3, 0.4) is 0 Å². The average Bonchev–Trinajstić information content (AvgIpc) is 3.18. The monoisotopic (exact) mass is 250 g/mol. The highest BCUT2D eigenvalue weighted by atomic mass is 16.5. The van der Waals surface area contributed by atoms with Gasteiger partial charge in [-0.1, -0.05) is 6.92 Å². The van der Waals surface area contributed by atoms with Crippen molar-refractivity contribution in [2.45, 2.75) is 31.6 Å². The quantitative estimate of drug-likeness (QED) is 0.871. The first-order chi connectivity index (χ1) is 8.60. The maximum Gasteiger partial charge on any atom is 0.314 e. The number of carboxylic acids is 1. The first-order valence-electron chi connectivity index (χ1n) is 6.08. The molecule has 98 valence electrons. The first kappa shape index (κ1) is 12.7. The van der Waals surface area contributed by atoms with Crippen molar-refractivity contribution in [3.8, 4) is 11.5 Å². The topological polar surface area (TPSA) is 55.8 Å². The lowest BCUT2D eigenvalue weighted by molar-refractivity contribution is -0.140. The SMILES string of the molecule is CCc1c(OC)ccc(OC)c1C1(C(=O)O)CC1. The van der Waals surface area contributed by atoms with Gasteiger partial charge in [0.15, 0.2) is 0 Å². The fourth-order valence-corrected chi connectivity index (χ4v) is 2.54. The number of benzene rings is 1. The fourth-order valence-electron chi connectivity index (χ4n) is 2.54. The van der Waals surface area contributed by atoms with E-state index in [4.69, 9.17) is 9.47 Å². The van der Waals surface area contributed by atoms with Gasteiger partial charge in [0.1, 0.15) is 11.5 Å². The second-order valence-corrected chi connectivity index (χ2v) is 4.56. The van der Waals surface area contributed by atoms with Crippen LogP contribution in [0.1, 0.15) is 30.9 Å². The van der Waals surface area contributed by atoms with Crippen molar-refractivity contribution >= 4 is 5.97 Å². The number of rotatable bonds is 5. The normalized spacial score (nSPS) is 16.2. The highest BCUT2D eigenvalue weighted by Crippen LogP contribution is 2.54. The lowest BCUT2D eigenvalue weighted by Gasteiger charge is -2.21. The Bertz CT molecular complexity index is 475. The zero-order valence-electron chi connectivity index (χ0n) is 10.9.